The minimum absolute atomic E-state index is 0.0748. The van der Waals surface area contributed by atoms with Crippen LogP contribution in [0.2, 0.25) is 0 Å². The van der Waals surface area contributed by atoms with Gasteiger partial charge in [0.15, 0.2) is 5.82 Å². The molecule has 1 aliphatic heterocycles. The van der Waals surface area contributed by atoms with Crippen LogP contribution in [-0.2, 0) is 5.60 Å². The molecule has 1 amide bonds. The van der Waals surface area contributed by atoms with E-state index in [-0.39, 0.29) is 11.6 Å². The highest BCUT2D eigenvalue weighted by molar-refractivity contribution is 9.10. The van der Waals surface area contributed by atoms with Gasteiger partial charge in [-0.3, -0.25) is 4.79 Å². The van der Waals surface area contributed by atoms with Gasteiger partial charge in [0.2, 0.25) is 0 Å². The standard InChI is InChI=1S/C26H21Br2FN4O2/c27-20-10-8-18(9-11-20)17-4-6-19(7-5-17)25(34)32-14-12-26(35,13-15-32)23-16-33(31-30-23)22-3-1-2-21(28)24(22)29/h1-11,16,35H,12-15H2. The number of aromatic nitrogens is 3. The molecule has 0 atom stereocenters. The van der Waals surface area contributed by atoms with Crippen molar-refractivity contribution in [2.24, 2.45) is 0 Å². The summed E-state index contributed by atoms with van der Waals surface area (Å²) in [5.41, 5.74) is 2.08. The first-order valence-corrected chi connectivity index (χ1v) is 12.7. The third-order valence-electron chi connectivity index (χ3n) is 6.34. The summed E-state index contributed by atoms with van der Waals surface area (Å²) in [6.07, 6.45) is 2.17. The topological polar surface area (TPSA) is 71.2 Å². The number of amides is 1. The molecule has 0 radical (unpaired) electrons. The van der Waals surface area contributed by atoms with Crippen LogP contribution in [0.15, 0.2) is 81.9 Å². The summed E-state index contributed by atoms with van der Waals surface area (Å²) in [4.78, 5) is 14.8. The molecule has 6 nitrogen and oxygen atoms in total. The van der Waals surface area contributed by atoms with Crippen LogP contribution >= 0.6 is 31.9 Å². The van der Waals surface area contributed by atoms with Gasteiger partial charge in [0.25, 0.3) is 5.91 Å². The number of hydrogen-bond donors (Lipinski definition) is 1. The molecule has 0 bridgehead atoms. The Balaban J connectivity index is 1.26. The fourth-order valence-electron chi connectivity index (χ4n) is 4.23. The van der Waals surface area contributed by atoms with Crippen LogP contribution in [0.25, 0.3) is 16.8 Å². The van der Waals surface area contributed by atoms with E-state index in [1.165, 1.54) is 4.68 Å². The Bertz CT molecular complexity index is 1370. The number of halogens is 3. The Hall–Kier alpha value is -2.88. The zero-order chi connectivity index (χ0) is 24.6. The molecule has 0 unspecified atom stereocenters. The molecule has 3 aromatic carbocycles. The average molecular weight is 600 g/mol. The zero-order valence-corrected chi connectivity index (χ0v) is 21.7. The van der Waals surface area contributed by atoms with Crippen molar-refractivity contribution >= 4 is 37.8 Å². The largest absolute Gasteiger partial charge is 0.383 e. The fraction of sp³-hybridized carbons (Fsp3) is 0.192. The Labute approximate surface area is 218 Å². The molecule has 1 fully saturated rings. The highest BCUT2D eigenvalue weighted by Gasteiger charge is 2.38. The molecule has 1 N–H and O–H groups in total. The third kappa shape index (κ3) is 4.80. The number of carbonyl (C=O) groups is 1. The fourth-order valence-corrected chi connectivity index (χ4v) is 4.85. The van der Waals surface area contributed by atoms with E-state index in [1.54, 1.807) is 29.3 Å². The smallest absolute Gasteiger partial charge is 0.253 e. The van der Waals surface area contributed by atoms with Gasteiger partial charge in [0, 0.05) is 23.1 Å². The second-order valence-corrected chi connectivity index (χ2v) is 10.3. The second-order valence-electron chi connectivity index (χ2n) is 8.53. The molecular formula is C26H21Br2FN4O2. The Kier molecular flexibility index (Phi) is 6.57. The lowest BCUT2D eigenvalue weighted by Gasteiger charge is -2.37. The van der Waals surface area contributed by atoms with Crippen molar-refractivity contribution in [2.45, 2.75) is 18.4 Å². The summed E-state index contributed by atoms with van der Waals surface area (Å²) in [5.74, 6) is -0.531. The van der Waals surface area contributed by atoms with Crippen LogP contribution in [0, 0.1) is 5.82 Å². The predicted octanol–water partition coefficient (Wildman–Crippen LogP) is 5.72. The summed E-state index contributed by atoms with van der Waals surface area (Å²) >= 11 is 6.61. The summed E-state index contributed by atoms with van der Waals surface area (Å²) in [7, 11) is 0. The number of carbonyl (C=O) groups excluding carboxylic acids is 1. The van der Waals surface area contributed by atoms with Gasteiger partial charge in [0.05, 0.1) is 10.7 Å². The van der Waals surface area contributed by atoms with Gasteiger partial charge < -0.3 is 10.0 Å². The van der Waals surface area contributed by atoms with Crippen LogP contribution in [0.5, 0.6) is 0 Å². The molecule has 4 aromatic rings. The van der Waals surface area contributed by atoms with Crippen LogP contribution in [0.1, 0.15) is 28.9 Å². The summed E-state index contributed by atoms with van der Waals surface area (Å²) < 4.78 is 17.1. The minimum atomic E-state index is -1.23. The normalized spacial score (nSPS) is 15.3. The number of rotatable bonds is 4. The minimum Gasteiger partial charge on any atom is -0.383 e. The first-order chi connectivity index (χ1) is 16.8. The molecule has 1 aromatic heterocycles. The number of benzene rings is 3. The molecule has 9 heteroatoms. The van der Waals surface area contributed by atoms with Gasteiger partial charge in [-0.05, 0) is 76.3 Å². The van der Waals surface area contributed by atoms with E-state index in [1.807, 2.05) is 48.5 Å². The molecule has 0 spiro atoms. The van der Waals surface area contributed by atoms with E-state index < -0.39 is 11.4 Å². The summed E-state index contributed by atoms with van der Waals surface area (Å²) in [6, 6.07) is 20.4. The van der Waals surface area contributed by atoms with Crippen molar-refractivity contribution in [3.05, 3.63) is 98.9 Å². The Morgan fingerprint density at radius 1 is 0.943 bits per heavy atom. The molecule has 0 saturated carbocycles. The number of hydrogen-bond acceptors (Lipinski definition) is 4. The maximum atomic E-state index is 14.4. The highest BCUT2D eigenvalue weighted by atomic mass is 79.9. The van der Waals surface area contributed by atoms with Gasteiger partial charge >= 0.3 is 0 Å². The van der Waals surface area contributed by atoms with Crippen molar-refractivity contribution in [3.63, 3.8) is 0 Å². The second kappa shape index (κ2) is 9.64. The van der Waals surface area contributed by atoms with Gasteiger partial charge in [0.1, 0.15) is 17.0 Å². The molecule has 0 aliphatic carbocycles. The van der Waals surface area contributed by atoms with Crippen molar-refractivity contribution in [1.29, 1.82) is 0 Å². The molecule has 178 valence electrons. The van der Waals surface area contributed by atoms with Crippen molar-refractivity contribution in [3.8, 4) is 16.8 Å². The third-order valence-corrected chi connectivity index (χ3v) is 7.48. The van der Waals surface area contributed by atoms with Crippen molar-refractivity contribution in [2.75, 3.05) is 13.1 Å². The molecule has 2 heterocycles. The number of nitrogens with zero attached hydrogens (tertiary/aromatic N) is 4. The van der Waals surface area contributed by atoms with Gasteiger partial charge in [-0.15, -0.1) is 5.10 Å². The maximum absolute atomic E-state index is 14.4. The number of likely N-dealkylation sites (tertiary alicyclic amines) is 1. The zero-order valence-electron chi connectivity index (χ0n) is 18.5. The first kappa shape index (κ1) is 23.8. The van der Waals surface area contributed by atoms with E-state index in [0.717, 1.165) is 15.6 Å². The highest BCUT2D eigenvalue weighted by Crippen LogP contribution is 2.33. The quantitative estimate of drug-likeness (QED) is 0.326. The van der Waals surface area contributed by atoms with E-state index in [4.69, 9.17) is 0 Å². The number of aliphatic hydroxyl groups is 1. The molecule has 1 saturated heterocycles. The summed E-state index contributed by atoms with van der Waals surface area (Å²) in [5, 5.41) is 19.3. The van der Waals surface area contributed by atoms with E-state index in [0.29, 0.717) is 41.7 Å². The lowest BCUT2D eigenvalue weighted by molar-refractivity contribution is -0.0244. The molecular weight excluding hydrogens is 579 g/mol. The monoisotopic (exact) mass is 598 g/mol. The molecule has 5 rings (SSSR count). The SMILES string of the molecule is O=C(c1ccc(-c2ccc(Br)cc2)cc1)N1CCC(O)(c2cn(-c3cccc(Br)c3F)nn2)CC1. The summed E-state index contributed by atoms with van der Waals surface area (Å²) in [6.45, 7) is 0.754. The Morgan fingerprint density at radius 3 is 2.23 bits per heavy atom. The van der Waals surface area contributed by atoms with Gasteiger partial charge in [-0.2, -0.15) is 0 Å². The van der Waals surface area contributed by atoms with Crippen LogP contribution < -0.4 is 0 Å². The lowest BCUT2D eigenvalue weighted by atomic mass is 9.88. The van der Waals surface area contributed by atoms with Crippen molar-refractivity contribution in [1.82, 2.24) is 19.9 Å². The van der Waals surface area contributed by atoms with E-state index in [2.05, 4.69) is 42.2 Å². The average Bonchev–Trinajstić information content (AvgIpc) is 3.37. The van der Waals surface area contributed by atoms with Crippen LogP contribution in [0.4, 0.5) is 4.39 Å². The van der Waals surface area contributed by atoms with Gasteiger partial charge in [-0.1, -0.05) is 51.5 Å². The van der Waals surface area contributed by atoms with Gasteiger partial charge in [-0.25, -0.2) is 9.07 Å². The predicted molar refractivity (Wildman–Crippen MR) is 138 cm³/mol. The van der Waals surface area contributed by atoms with Crippen LogP contribution in [0.3, 0.4) is 0 Å². The first-order valence-electron chi connectivity index (χ1n) is 11.1. The molecule has 35 heavy (non-hydrogen) atoms. The maximum Gasteiger partial charge on any atom is 0.253 e. The lowest BCUT2D eigenvalue weighted by Crippen LogP contribution is -2.45. The molecule has 1 aliphatic rings. The van der Waals surface area contributed by atoms with E-state index in [9.17, 15) is 14.3 Å². The van der Waals surface area contributed by atoms with Crippen LogP contribution in [-0.4, -0.2) is 44.0 Å². The van der Waals surface area contributed by atoms with E-state index >= 15 is 0 Å². The van der Waals surface area contributed by atoms with Crippen molar-refractivity contribution < 1.29 is 14.3 Å². The number of piperidine rings is 1. The Morgan fingerprint density at radius 2 is 1.57 bits per heavy atom.